The molecule has 1 aliphatic carbocycles. The monoisotopic (exact) mass is 299 g/mol. The Bertz CT molecular complexity index is 534. The Morgan fingerprint density at radius 1 is 1.23 bits per heavy atom. The van der Waals surface area contributed by atoms with Gasteiger partial charge in [0.2, 0.25) is 0 Å². The average molecular weight is 299 g/mol. The van der Waals surface area contributed by atoms with Crippen LogP contribution in [0.2, 0.25) is 0 Å². The van der Waals surface area contributed by atoms with Crippen molar-refractivity contribution in [1.29, 1.82) is 0 Å². The van der Waals surface area contributed by atoms with Gasteiger partial charge in [-0.3, -0.25) is 5.32 Å². The molecule has 3 rings (SSSR count). The van der Waals surface area contributed by atoms with Gasteiger partial charge in [-0.25, -0.2) is 0 Å². The topological polar surface area (TPSA) is 21.3 Å². The number of allylic oxidation sites excluding steroid dienone is 1. The van der Waals surface area contributed by atoms with E-state index in [0.29, 0.717) is 12.0 Å². The number of hydrogen-bond donors (Lipinski definition) is 1. The molecule has 0 radical (unpaired) electrons. The fourth-order valence-corrected chi connectivity index (χ4v) is 4.11. The lowest BCUT2D eigenvalue weighted by Gasteiger charge is -2.51. The predicted molar refractivity (Wildman–Crippen MR) is 92.5 cm³/mol. The number of benzene rings is 1. The first kappa shape index (κ1) is 15.8. The van der Waals surface area contributed by atoms with E-state index in [0.717, 1.165) is 5.92 Å². The number of rotatable bonds is 2. The summed E-state index contributed by atoms with van der Waals surface area (Å²) in [6.07, 6.45) is 6.46. The van der Waals surface area contributed by atoms with E-state index in [4.69, 9.17) is 4.74 Å². The van der Waals surface area contributed by atoms with E-state index in [1.54, 1.807) is 0 Å². The quantitative estimate of drug-likeness (QED) is 0.860. The Kier molecular flexibility index (Phi) is 4.42. The Labute approximate surface area is 135 Å². The lowest BCUT2D eigenvalue weighted by molar-refractivity contribution is -0.136. The molecule has 1 saturated heterocycles. The molecule has 1 aromatic rings. The summed E-state index contributed by atoms with van der Waals surface area (Å²) in [4.78, 5) is 0. The molecule has 2 nitrogen and oxygen atoms in total. The van der Waals surface area contributed by atoms with E-state index in [9.17, 15) is 0 Å². The molecule has 1 heterocycles. The molecule has 1 aromatic carbocycles. The first-order valence-electron chi connectivity index (χ1n) is 8.63. The first-order valence-corrected chi connectivity index (χ1v) is 8.63. The van der Waals surface area contributed by atoms with Crippen LogP contribution in [0, 0.1) is 11.8 Å². The number of hydrogen-bond acceptors (Lipinski definition) is 2. The third-order valence-corrected chi connectivity index (χ3v) is 5.45. The fraction of sp³-hybridized carbons (Fsp3) is 0.600. The summed E-state index contributed by atoms with van der Waals surface area (Å²) in [5, 5.41) is 3.71. The fourth-order valence-electron chi connectivity index (χ4n) is 4.11. The largest absolute Gasteiger partial charge is 0.356 e. The van der Waals surface area contributed by atoms with Crippen LogP contribution in [0.25, 0.3) is 5.57 Å². The van der Waals surface area contributed by atoms with Crippen molar-refractivity contribution in [2.24, 2.45) is 11.8 Å². The zero-order chi connectivity index (χ0) is 15.7. The smallest absolute Gasteiger partial charge is 0.128 e. The maximum Gasteiger partial charge on any atom is 0.128 e. The molecular formula is C20H29NO. The Hall–Kier alpha value is -1.12. The van der Waals surface area contributed by atoms with Gasteiger partial charge in [0.05, 0.1) is 6.10 Å². The van der Waals surface area contributed by atoms with Crippen molar-refractivity contribution in [3.63, 3.8) is 0 Å². The first-order chi connectivity index (χ1) is 10.5. The van der Waals surface area contributed by atoms with Crippen LogP contribution < -0.4 is 5.32 Å². The number of nitrogens with one attached hydrogen (secondary N) is 1. The van der Waals surface area contributed by atoms with Crippen LogP contribution in [0.4, 0.5) is 0 Å². The van der Waals surface area contributed by atoms with Gasteiger partial charge in [0.1, 0.15) is 6.23 Å². The maximum atomic E-state index is 6.40. The van der Waals surface area contributed by atoms with Crippen molar-refractivity contribution in [3.05, 3.63) is 42.0 Å². The highest BCUT2D eigenvalue weighted by molar-refractivity contribution is 5.63. The van der Waals surface area contributed by atoms with E-state index in [1.165, 1.54) is 30.4 Å². The van der Waals surface area contributed by atoms with E-state index >= 15 is 0 Å². The molecule has 2 aliphatic rings. The molecule has 0 spiro atoms. The minimum atomic E-state index is 0.0155. The standard InChI is InChI=1S/C20H29NO/c1-14-10-11-17-18(12-14)22-19(21-20(17,3)4)13-15(2)16-8-6-5-7-9-16/h5-9,13-14,17-19,21H,10-12H2,1-4H3/b15-13+/t14-,17-,18-,19+/m1/s1. The molecule has 0 aromatic heterocycles. The molecule has 1 saturated carbocycles. The zero-order valence-corrected chi connectivity index (χ0v) is 14.3. The van der Waals surface area contributed by atoms with Gasteiger partial charge in [-0.2, -0.15) is 0 Å². The maximum absolute atomic E-state index is 6.40. The highest BCUT2D eigenvalue weighted by Gasteiger charge is 2.44. The molecule has 22 heavy (non-hydrogen) atoms. The van der Waals surface area contributed by atoms with Crippen LogP contribution in [-0.2, 0) is 4.74 Å². The van der Waals surface area contributed by atoms with Crippen molar-refractivity contribution in [2.45, 2.75) is 64.8 Å². The summed E-state index contributed by atoms with van der Waals surface area (Å²) in [5.74, 6) is 1.42. The molecule has 1 aliphatic heterocycles. The number of fused-ring (bicyclic) bond motifs is 1. The summed E-state index contributed by atoms with van der Waals surface area (Å²) in [5.41, 5.74) is 2.68. The second kappa shape index (κ2) is 6.17. The Morgan fingerprint density at radius 2 is 1.95 bits per heavy atom. The second-order valence-electron chi connectivity index (χ2n) is 7.70. The molecule has 0 unspecified atom stereocenters. The third kappa shape index (κ3) is 3.28. The summed E-state index contributed by atoms with van der Waals surface area (Å²) < 4.78 is 6.40. The van der Waals surface area contributed by atoms with Gasteiger partial charge in [0.25, 0.3) is 0 Å². The van der Waals surface area contributed by atoms with Crippen LogP contribution in [-0.4, -0.2) is 17.9 Å². The lowest BCUT2D eigenvalue weighted by Crippen LogP contribution is -2.62. The van der Waals surface area contributed by atoms with Gasteiger partial charge in [0.15, 0.2) is 0 Å². The van der Waals surface area contributed by atoms with Gasteiger partial charge < -0.3 is 4.74 Å². The average Bonchev–Trinajstić information content (AvgIpc) is 2.46. The summed E-state index contributed by atoms with van der Waals surface area (Å²) >= 11 is 0. The van der Waals surface area contributed by atoms with Crippen LogP contribution in [0.1, 0.15) is 52.5 Å². The minimum Gasteiger partial charge on any atom is -0.356 e. The lowest BCUT2D eigenvalue weighted by atomic mass is 9.70. The predicted octanol–water partition coefficient (Wildman–Crippen LogP) is 4.62. The summed E-state index contributed by atoms with van der Waals surface area (Å²) in [7, 11) is 0. The molecule has 1 N–H and O–H groups in total. The summed E-state index contributed by atoms with van der Waals surface area (Å²) in [6, 6.07) is 10.6. The van der Waals surface area contributed by atoms with Gasteiger partial charge >= 0.3 is 0 Å². The van der Waals surface area contributed by atoms with Gasteiger partial charge in [-0.15, -0.1) is 0 Å². The van der Waals surface area contributed by atoms with E-state index in [-0.39, 0.29) is 11.8 Å². The molecule has 4 atom stereocenters. The zero-order valence-electron chi connectivity index (χ0n) is 14.3. The van der Waals surface area contributed by atoms with Crippen LogP contribution >= 0.6 is 0 Å². The second-order valence-corrected chi connectivity index (χ2v) is 7.70. The normalized spacial score (nSPS) is 35.0. The van der Waals surface area contributed by atoms with Crippen molar-refractivity contribution < 1.29 is 4.74 Å². The van der Waals surface area contributed by atoms with Gasteiger partial charge in [-0.05, 0) is 56.7 Å². The van der Waals surface area contributed by atoms with Crippen molar-refractivity contribution >= 4 is 5.57 Å². The van der Waals surface area contributed by atoms with E-state index < -0.39 is 0 Å². The van der Waals surface area contributed by atoms with E-state index in [1.807, 2.05) is 0 Å². The van der Waals surface area contributed by atoms with Crippen LogP contribution in [0.3, 0.4) is 0 Å². The number of ether oxygens (including phenoxy) is 1. The molecule has 0 bridgehead atoms. The Balaban J connectivity index is 1.78. The SMILES string of the molecule is C/C(=C\[C@H]1NC(C)(C)[C@@H]2CC[C@@H](C)C[C@H]2O1)c1ccccc1. The van der Waals surface area contributed by atoms with Crippen molar-refractivity contribution in [2.75, 3.05) is 0 Å². The molecule has 0 amide bonds. The third-order valence-electron chi connectivity index (χ3n) is 5.45. The molecule has 120 valence electrons. The molecule has 2 heteroatoms. The molecular weight excluding hydrogens is 270 g/mol. The van der Waals surface area contributed by atoms with Crippen molar-refractivity contribution in [3.8, 4) is 0 Å². The molecule has 2 fully saturated rings. The van der Waals surface area contributed by atoms with E-state index in [2.05, 4.69) is 69.4 Å². The van der Waals surface area contributed by atoms with Crippen LogP contribution in [0.5, 0.6) is 0 Å². The van der Waals surface area contributed by atoms with Gasteiger partial charge in [0, 0.05) is 11.5 Å². The highest BCUT2D eigenvalue weighted by Crippen LogP contribution is 2.40. The highest BCUT2D eigenvalue weighted by atomic mass is 16.5. The Morgan fingerprint density at radius 3 is 2.68 bits per heavy atom. The minimum absolute atomic E-state index is 0.0155. The van der Waals surface area contributed by atoms with Crippen molar-refractivity contribution in [1.82, 2.24) is 5.32 Å². The van der Waals surface area contributed by atoms with Crippen LogP contribution in [0.15, 0.2) is 36.4 Å². The van der Waals surface area contributed by atoms with Gasteiger partial charge in [-0.1, -0.05) is 43.7 Å². The summed E-state index contributed by atoms with van der Waals surface area (Å²) in [6.45, 7) is 9.20.